The standard InChI is InChI=1S/C25H39N9O.2ClH/c1-2-13-27-25(35)33-14-11-19(12-15-33)29-22-21-23(34(16-28-21)20-5-3-4-6-20)32-24(31-22)30-18-9-7-17(26)8-10-18;;/h2,16-20H,1,3-15,26H2,(H,27,35)(H2,29,30,31,32);2*1H. The molecule has 10 nitrogen and oxygen atoms in total. The zero-order valence-electron chi connectivity index (χ0n) is 21.4. The van der Waals surface area contributed by atoms with E-state index in [1.54, 1.807) is 6.08 Å². The number of nitrogens with one attached hydrogen (secondary N) is 3. The third-order valence-corrected chi connectivity index (χ3v) is 7.77. The summed E-state index contributed by atoms with van der Waals surface area (Å²) in [5.41, 5.74) is 7.85. The molecule has 5 rings (SSSR count). The lowest BCUT2D eigenvalue weighted by atomic mass is 9.92. The number of likely N-dealkylation sites (tertiary alicyclic amines) is 1. The van der Waals surface area contributed by atoms with Gasteiger partial charge in [0.1, 0.15) is 0 Å². The summed E-state index contributed by atoms with van der Waals surface area (Å²) >= 11 is 0. The fraction of sp³-hybridized carbons (Fsp3) is 0.680. The lowest BCUT2D eigenvalue weighted by Gasteiger charge is -2.32. The van der Waals surface area contributed by atoms with Crippen LogP contribution in [0.5, 0.6) is 0 Å². The van der Waals surface area contributed by atoms with Crippen molar-refractivity contribution in [3.63, 3.8) is 0 Å². The first-order valence-corrected chi connectivity index (χ1v) is 13.3. The molecule has 12 heteroatoms. The number of nitrogens with zero attached hydrogens (tertiary/aromatic N) is 5. The summed E-state index contributed by atoms with van der Waals surface area (Å²) in [7, 11) is 0. The summed E-state index contributed by atoms with van der Waals surface area (Å²) in [6.07, 6.45) is 14.4. The van der Waals surface area contributed by atoms with Gasteiger partial charge in [-0.25, -0.2) is 9.78 Å². The maximum atomic E-state index is 12.3. The number of amides is 2. The van der Waals surface area contributed by atoms with Gasteiger partial charge in [-0.1, -0.05) is 18.9 Å². The zero-order chi connectivity index (χ0) is 24.2. The number of hydrogen-bond donors (Lipinski definition) is 4. The molecule has 0 spiro atoms. The number of aromatic nitrogens is 4. The maximum absolute atomic E-state index is 12.3. The number of urea groups is 1. The molecule has 2 amide bonds. The van der Waals surface area contributed by atoms with Crippen molar-refractivity contribution in [3.8, 4) is 0 Å². The van der Waals surface area contributed by atoms with Crippen LogP contribution >= 0.6 is 24.8 Å². The van der Waals surface area contributed by atoms with Gasteiger partial charge in [-0.2, -0.15) is 9.97 Å². The Kier molecular flexibility index (Phi) is 10.7. The SMILES string of the molecule is C=CCNC(=O)N1CCC(Nc2nc(NC3CCC(N)CC3)nc3c2ncn3C2CCCC2)CC1.Cl.Cl. The van der Waals surface area contributed by atoms with Crippen LogP contribution in [0.3, 0.4) is 0 Å². The highest BCUT2D eigenvalue weighted by molar-refractivity contribution is 5.86. The van der Waals surface area contributed by atoms with E-state index in [1.807, 2.05) is 11.2 Å². The van der Waals surface area contributed by atoms with Crippen molar-refractivity contribution in [1.82, 2.24) is 29.7 Å². The predicted octanol–water partition coefficient (Wildman–Crippen LogP) is 4.24. The minimum Gasteiger partial charge on any atom is -0.365 e. The van der Waals surface area contributed by atoms with Crippen molar-refractivity contribution in [2.24, 2.45) is 5.73 Å². The second-order valence-electron chi connectivity index (χ2n) is 10.3. The van der Waals surface area contributed by atoms with Crippen molar-refractivity contribution in [1.29, 1.82) is 0 Å². The van der Waals surface area contributed by atoms with E-state index < -0.39 is 0 Å². The molecule has 0 bridgehead atoms. The zero-order valence-corrected chi connectivity index (χ0v) is 23.0. The molecule has 3 fully saturated rings. The van der Waals surface area contributed by atoms with Gasteiger partial charge >= 0.3 is 6.03 Å². The van der Waals surface area contributed by atoms with Gasteiger partial charge in [0.25, 0.3) is 0 Å². The highest BCUT2D eigenvalue weighted by Crippen LogP contribution is 2.33. The van der Waals surface area contributed by atoms with Gasteiger partial charge in [0.15, 0.2) is 17.0 Å². The number of fused-ring (bicyclic) bond motifs is 1. The summed E-state index contributed by atoms with van der Waals surface area (Å²) in [6.45, 7) is 5.56. The van der Waals surface area contributed by atoms with Crippen LogP contribution in [0.1, 0.15) is 70.3 Å². The van der Waals surface area contributed by atoms with E-state index in [9.17, 15) is 4.79 Å². The number of piperidine rings is 1. The molecule has 1 saturated heterocycles. The van der Waals surface area contributed by atoms with Crippen LogP contribution in [0.2, 0.25) is 0 Å². The second kappa shape index (κ2) is 13.5. The second-order valence-corrected chi connectivity index (χ2v) is 10.3. The summed E-state index contributed by atoms with van der Waals surface area (Å²) < 4.78 is 2.25. The van der Waals surface area contributed by atoms with E-state index in [2.05, 4.69) is 27.1 Å². The van der Waals surface area contributed by atoms with Crippen LogP contribution in [0.25, 0.3) is 11.2 Å². The Morgan fingerprint density at radius 3 is 2.35 bits per heavy atom. The highest BCUT2D eigenvalue weighted by atomic mass is 35.5. The lowest BCUT2D eigenvalue weighted by molar-refractivity contribution is 0.184. The van der Waals surface area contributed by atoms with Crippen molar-refractivity contribution < 1.29 is 4.79 Å². The van der Waals surface area contributed by atoms with Crippen molar-refractivity contribution in [2.75, 3.05) is 30.3 Å². The van der Waals surface area contributed by atoms with E-state index in [0.29, 0.717) is 43.7 Å². The number of halogens is 2. The Hall–Kier alpha value is -2.30. The Bertz CT molecular complexity index is 1030. The number of hydrogen-bond acceptors (Lipinski definition) is 7. The van der Waals surface area contributed by atoms with Crippen LogP contribution in [-0.4, -0.2) is 68.2 Å². The van der Waals surface area contributed by atoms with Gasteiger partial charge in [-0.15, -0.1) is 31.4 Å². The van der Waals surface area contributed by atoms with Gasteiger partial charge in [-0.05, 0) is 51.4 Å². The van der Waals surface area contributed by atoms with E-state index >= 15 is 0 Å². The normalized spacial score (nSPS) is 22.7. The molecule has 0 aromatic carbocycles. The quantitative estimate of drug-likeness (QED) is 0.377. The smallest absolute Gasteiger partial charge is 0.317 e. The Morgan fingerprint density at radius 1 is 1.00 bits per heavy atom. The van der Waals surface area contributed by atoms with Crippen molar-refractivity contribution >= 4 is 53.8 Å². The van der Waals surface area contributed by atoms with Gasteiger partial charge in [0.2, 0.25) is 5.95 Å². The van der Waals surface area contributed by atoms with Gasteiger partial charge in [0, 0.05) is 43.8 Å². The van der Waals surface area contributed by atoms with Crippen LogP contribution in [0.4, 0.5) is 16.6 Å². The van der Waals surface area contributed by atoms with E-state index in [1.165, 1.54) is 25.7 Å². The third kappa shape index (κ3) is 6.97. The average Bonchev–Trinajstić information content (AvgIpc) is 3.54. The molecular formula is C25H41Cl2N9O. The fourth-order valence-electron chi connectivity index (χ4n) is 5.67. The van der Waals surface area contributed by atoms with Gasteiger partial charge in [-0.3, -0.25) is 0 Å². The summed E-state index contributed by atoms with van der Waals surface area (Å²) in [4.78, 5) is 28.7. The number of anilines is 2. The lowest BCUT2D eigenvalue weighted by Crippen LogP contribution is -2.47. The number of rotatable bonds is 7. The van der Waals surface area contributed by atoms with Gasteiger partial charge in [0.05, 0.1) is 6.33 Å². The van der Waals surface area contributed by atoms with Crippen molar-refractivity contribution in [2.45, 2.75) is 88.4 Å². The first-order chi connectivity index (χ1) is 17.1. The maximum Gasteiger partial charge on any atom is 0.317 e. The van der Waals surface area contributed by atoms with E-state index in [4.69, 9.17) is 20.7 Å². The molecular weight excluding hydrogens is 513 g/mol. The molecule has 206 valence electrons. The molecule has 2 saturated carbocycles. The third-order valence-electron chi connectivity index (χ3n) is 7.77. The largest absolute Gasteiger partial charge is 0.365 e. The first-order valence-electron chi connectivity index (χ1n) is 13.3. The summed E-state index contributed by atoms with van der Waals surface area (Å²) in [6, 6.07) is 1.32. The molecule has 0 radical (unpaired) electrons. The monoisotopic (exact) mass is 553 g/mol. The van der Waals surface area contributed by atoms with Crippen LogP contribution in [0.15, 0.2) is 19.0 Å². The molecule has 2 aromatic rings. The Labute approximate surface area is 231 Å². The minimum absolute atomic E-state index is 0. The summed E-state index contributed by atoms with van der Waals surface area (Å²) in [5.74, 6) is 1.46. The molecule has 0 unspecified atom stereocenters. The average molecular weight is 555 g/mol. The Morgan fingerprint density at radius 2 is 1.68 bits per heavy atom. The minimum atomic E-state index is -0.0261. The summed E-state index contributed by atoms with van der Waals surface area (Å²) in [5, 5.41) is 10.1. The molecule has 37 heavy (non-hydrogen) atoms. The molecule has 3 aliphatic rings. The van der Waals surface area contributed by atoms with E-state index in [0.717, 1.165) is 55.5 Å². The molecule has 2 aromatic heterocycles. The van der Waals surface area contributed by atoms with Crippen LogP contribution < -0.4 is 21.7 Å². The molecule has 2 aliphatic carbocycles. The molecule has 5 N–H and O–H groups in total. The number of carbonyl (C=O) groups excluding carboxylic acids is 1. The number of nitrogens with two attached hydrogens (primary N) is 1. The molecule has 0 atom stereocenters. The first kappa shape index (κ1) is 29.3. The molecule has 3 heterocycles. The highest BCUT2D eigenvalue weighted by Gasteiger charge is 2.27. The number of carbonyl (C=O) groups is 1. The topological polar surface area (TPSA) is 126 Å². The van der Waals surface area contributed by atoms with E-state index in [-0.39, 0.29) is 36.9 Å². The van der Waals surface area contributed by atoms with Crippen LogP contribution in [-0.2, 0) is 0 Å². The Balaban J connectivity index is 0.00000190. The number of imidazole rings is 1. The fourth-order valence-corrected chi connectivity index (χ4v) is 5.67. The van der Waals surface area contributed by atoms with Gasteiger partial charge < -0.3 is 31.2 Å². The van der Waals surface area contributed by atoms with Crippen molar-refractivity contribution in [3.05, 3.63) is 19.0 Å². The molecule has 1 aliphatic heterocycles. The van der Waals surface area contributed by atoms with Crippen LogP contribution in [0, 0.1) is 0 Å². The predicted molar refractivity (Wildman–Crippen MR) is 153 cm³/mol.